The fraction of sp³-hybridized carbons (Fsp3) is 0.208. The van der Waals surface area contributed by atoms with Crippen molar-refractivity contribution in [1.82, 2.24) is 5.43 Å². The normalized spacial score (nSPS) is 10.8. The summed E-state index contributed by atoms with van der Waals surface area (Å²) >= 11 is 1.29. The van der Waals surface area contributed by atoms with Crippen molar-refractivity contribution in [2.45, 2.75) is 20.0 Å². The Morgan fingerprint density at radius 2 is 1.70 bits per heavy atom. The highest BCUT2D eigenvalue weighted by Crippen LogP contribution is 2.30. The van der Waals surface area contributed by atoms with Gasteiger partial charge in [0.1, 0.15) is 4.88 Å². The van der Waals surface area contributed by atoms with Crippen LogP contribution in [0.5, 0.6) is 23.0 Å². The molecule has 0 unspecified atom stereocenters. The molecule has 172 valence electrons. The highest BCUT2D eigenvalue weighted by atomic mass is 32.1. The summed E-state index contributed by atoms with van der Waals surface area (Å²) in [6.45, 7) is 3.81. The molecule has 1 amide bonds. The van der Waals surface area contributed by atoms with Crippen molar-refractivity contribution in [3.8, 4) is 23.0 Å². The maximum atomic E-state index is 12.4. The summed E-state index contributed by atoms with van der Waals surface area (Å²) in [6.07, 6.45) is 1.43. The second kappa shape index (κ2) is 11.1. The van der Waals surface area contributed by atoms with Crippen LogP contribution in [0.2, 0.25) is 0 Å². The zero-order chi connectivity index (χ0) is 23.8. The number of hydrazone groups is 1. The van der Waals surface area contributed by atoms with E-state index in [4.69, 9.17) is 18.9 Å². The van der Waals surface area contributed by atoms with E-state index in [0.717, 1.165) is 0 Å². The molecule has 1 heterocycles. The van der Waals surface area contributed by atoms with Gasteiger partial charge in [-0.3, -0.25) is 4.79 Å². The molecule has 0 saturated carbocycles. The van der Waals surface area contributed by atoms with E-state index in [-0.39, 0.29) is 11.9 Å². The number of ether oxygens (including phenoxy) is 4. The van der Waals surface area contributed by atoms with Crippen molar-refractivity contribution in [3.63, 3.8) is 0 Å². The van der Waals surface area contributed by atoms with Gasteiger partial charge in [0.05, 0.1) is 26.5 Å². The minimum absolute atomic E-state index is 0.0224. The number of esters is 1. The zero-order valence-electron chi connectivity index (χ0n) is 18.7. The number of nitrogens with zero attached hydrogens (tertiary/aromatic N) is 1. The third-order valence-electron chi connectivity index (χ3n) is 4.28. The molecule has 0 aliphatic heterocycles. The first-order valence-electron chi connectivity index (χ1n) is 10.0. The Hall–Kier alpha value is -3.85. The van der Waals surface area contributed by atoms with Gasteiger partial charge in [-0.05, 0) is 67.3 Å². The van der Waals surface area contributed by atoms with Crippen LogP contribution >= 0.6 is 11.3 Å². The van der Waals surface area contributed by atoms with Gasteiger partial charge in [-0.2, -0.15) is 5.10 Å². The lowest BCUT2D eigenvalue weighted by atomic mass is 10.2. The molecule has 1 aromatic heterocycles. The molecule has 2 aromatic carbocycles. The Balaban J connectivity index is 1.66. The lowest BCUT2D eigenvalue weighted by molar-refractivity contribution is 0.0734. The Morgan fingerprint density at radius 1 is 0.970 bits per heavy atom. The fourth-order valence-electron chi connectivity index (χ4n) is 2.78. The maximum Gasteiger partial charge on any atom is 0.353 e. The molecule has 33 heavy (non-hydrogen) atoms. The highest BCUT2D eigenvalue weighted by Gasteiger charge is 2.14. The molecule has 0 spiro atoms. The number of hydrogen-bond donors (Lipinski definition) is 1. The highest BCUT2D eigenvalue weighted by molar-refractivity contribution is 7.12. The van der Waals surface area contributed by atoms with Gasteiger partial charge in [0, 0.05) is 5.56 Å². The second-order valence-corrected chi connectivity index (χ2v) is 7.96. The van der Waals surface area contributed by atoms with Crippen LogP contribution in [0.15, 0.2) is 59.0 Å². The SMILES string of the molecule is COc1cc(/C=N/NC(=O)c2ccc(OC(C)C)c(OC)c2)ccc1OC(=O)c1cccs1. The molecule has 0 saturated heterocycles. The maximum absolute atomic E-state index is 12.4. The number of amides is 1. The Labute approximate surface area is 195 Å². The molecule has 9 heteroatoms. The predicted molar refractivity (Wildman–Crippen MR) is 126 cm³/mol. The molecule has 1 N–H and O–H groups in total. The third-order valence-corrected chi connectivity index (χ3v) is 5.13. The van der Waals surface area contributed by atoms with Crippen LogP contribution in [0.4, 0.5) is 0 Å². The van der Waals surface area contributed by atoms with E-state index in [1.807, 2.05) is 13.8 Å². The number of nitrogens with one attached hydrogen (secondary N) is 1. The van der Waals surface area contributed by atoms with E-state index in [0.29, 0.717) is 33.3 Å². The lowest BCUT2D eigenvalue weighted by Crippen LogP contribution is -2.18. The van der Waals surface area contributed by atoms with Crippen LogP contribution < -0.4 is 24.4 Å². The monoisotopic (exact) mass is 468 g/mol. The minimum atomic E-state index is -0.461. The largest absolute Gasteiger partial charge is 0.493 e. The van der Waals surface area contributed by atoms with E-state index in [1.165, 1.54) is 31.8 Å². The first-order chi connectivity index (χ1) is 15.9. The van der Waals surface area contributed by atoms with Gasteiger partial charge in [0.15, 0.2) is 23.0 Å². The number of methoxy groups -OCH3 is 2. The number of carbonyl (C=O) groups excluding carboxylic acids is 2. The van der Waals surface area contributed by atoms with Gasteiger partial charge in [0.2, 0.25) is 0 Å². The van der Waals surface area contributed by atoms with Crippen LogP contribution in [0.3, 0.4) is 0 Å². The van der Waals surface area contributed by atoms with Crippen molar-refractivity contribution < 1.29 is 28.5 Å². The number of benzene rings is 2. The molecular formula is C24H24N2O6S. The summed E-state index contributed by atoms with van der Waals surface area (Å²) in [5.74, 6) is 0.789. The first-order valence-corrected chi connectivity index (χ1v) is 10.9. The molecule has 0 aliphatic rings. The molecule has 0 radical (unpaired) electrons. The number of thiophene rings is 1. The Kier molecular flexibility index (Phi) is 8.04. The summed E-state index contributed by atoms with van der Waals surface area (Å²) in [7, 11) is 2.98. The van der Waals surface area contributed by atoms with E-state index >= 15 is 0 Å². The van der Waals surface area contributed by atoms with Crippen molar-refractivity contribution in [2.24, 2.45) is 5.10 Å². The molecule has 8 nitrogen and oxygen atoms in total. The number of hydrogen-bond acceptors (Lipinski definition) is 8. The van der Waals surface area contributed by atoms with E-state index in [1.54, 1.807) is 53.9 Å². The standard InChI is InChI=1S/C24H24N2O6S/c1-15(2)31-18-10-8-17(13-21(18)30-4)23(27)26-25-14-16-7-9-19(20(12-16)29-3)32-24(28)22-6-5-11-33-22/h5-15H,1-4H3,(H,26,27)/b25-14+. The average Bonchev–Trinajstić information content (AvgIpc) is 3.35. The number of rotatable bonds is 9. The summed E-state index contributed by atoms with van der Waals surface area (Å²) < 4.78 is 21.7. The smallest absolute Gasteiger partial charge is 0.353 e. The topological polar surface area (TPSA) is 95.5 Å². The minimum Gasteiger partial charge on any atom is -0.493 e. The molecule has 0 fully saturated rings. The van der Waals surface area contributed by atoms with Crippen LogP contribution in [0.25, 0.3) is 0 Å². The zero-order valence-corrected chi connectivity index (χ0v) is 19.5. The Bertz CT molecular complexity index is 1140. The Morgan fingerprint density at radius 3 is 2.36 bits per heavy atom. The molecule has 3 rings (SSSR count). The van der Waals surface area contributed by atoms with Crippen LogP contribution in [-0.2, 0) is 0 Å². The van der Waals surface area contributed by atoms with Gasteiger partial charge in [0.25, 0.3) is 5.91 Å². The summed E-state index contributed by atoms with van der Waals surface area (Å²) in [6, 6.07) is 13.3. The van der Waals surface area contributed by atoms with E-state index in [2.05, 4.69) is 10.5 Å². The average molecular weight is 469 g/mol. The first kappa shape index (κ1) is 23.8. The van der Waals surface area contributed by atoms with Crippen molar-refractivity contribution in [1.29, 1.82) is 0 Å². The van der Waals surface area contributed by atoms with Gasteiger partial charge >= 0.3 is 5.97 Å². The van der Waals surface area contributed by atoms with Gasteiger partial charge in [-0.25, -0.2) is 10.2 Å². The van der Waals surface area contributed by atoms with Crippen molar-refractivity contribution in [2.75, 3.05) is 14.2 Å². The fourth-order valence-corrected chi connectivity index (χ4v) is 3.38. The van der Waals surface area contributed by atoms with Crippen LogP contribution in [0.1, 0.15) is 39.4 Å². The van der Waals surface area contributed by atoms with E-state index < -0.39 is 11.9 Å². The van der Waals surface area contributed by atoms with E-state index in [9.17, 15) is 9.59 Å². The summed E-state index contributed by atoms with van der Waals surface area (Å²) in [5.41, 5.74) is 3.48. The van der Waals surface area contributed by atoms with Crippen molar-refractivity contribution >= 4 is 29.4 Å². The molecule has 0 aliphatic carbocycles. The molecule has 3 aromatic rings. The molecular weight excluding hydrogens is 444 g/mol. The summed E-state index contributed by atoms with van der Waals surface area (Å²) in [5, 5.41) is 5.79. The van der Waals surface area contributed by atoms with Gasteiger partial charge < -0.3 is 18.9 Å². The quantitative estimate of drug-likeness (QED) is 0.214. The number of carbonyl (C=O) groups is 2. The third kappa shape index (κ3) is 6.33. The second-order valence-electron chi connectivity index (χ2n) is 7.01. The van der Waals surface area contributed by atoms with Crippen molar-refractivity contribution in [3.05, 3.63) is 69.9 Å². The summed E-state index contributed by atoms with van der Waals surface area (Å²) in [4.78, 5) is 25.1. The molecule has 0 atom stereocenters. The lowest BCUT2D eigenvalue weighted by Gasteiger charge is -2.14. The van der Waals surface area contributed by atoms with Gasteiger partial charge in [-0.15, -0.1) is 11.3 Å². The van der Waals surface area contributed by atoms with Gasteiger partial charge in [-0.1, -0.05) is 6.07 Å². The van der Waals surface area contributed by atoms with Crippen LogP contribution in [-0.4, -0.2) is 38.4 Å². The van der Waals surface area contributed by atoms with Crippen LogP contribution in [0, 0.1) is 0 Å². The predicted octanol–water partition coefficient (Wildman–Crippen LogP) is 4.54. The molecule has 0 bridgehead atoms.